The molecular weight excluding hydrogens is 264 g/mol. The Morgan fingerprint density at radius 3 is 2.20 bits per heavy atom. The summed E-state index contributed by atoms with van der Waals surface area (Å²) in [6, 6.07) is 13.7. The van der Waals surface area contributed by atoms with Gasteiger partial charge in [0.25, 0.3) is 5.91 Å². The van der Waals surface area contributed by atoms with Crippen molar-refractivity contribution in [3.63, 3.8) is 0 Å². The first-order valence-electron chi connectivity index (χ1n) is 6.74. The van der Waals surface area contributed by atoms with Gasteiger partial charge in [0.2, 0.25) is 0 Å². The van der Waals surface area contributed by atoms with Gasteiger partial charge in [0.1, 0.15) is 0 Å². The molecule has 4 heteroatoms. The third-order valence-electron chi connectivity index (χ3n) is 3.22. The highest BCUT2D eigenvalue weighted by Crippen LogP contribution is 2.24. The summed E-state index contributed by atoms with van der Waals surface area (Å²) in [5.74, 6) is -0.0383. The Balaban J connectivity index is 2.24. The van der Waals surface area contributed by atoms with E-state index in [2.05, 4.69) is 42.1 Å². The second-order valence-electron chi connectivity index (χ2n) is 5.92. The van der Waals surface area contributed by atoms with E-state index in [1.807, 2.05) is 18.2 Å². The Hall–Kier alpha value is -1.94. The number of hydrogen-bond donors (Lipinski definition) is 1. The molecule has 0 saturated carbocycles. The number of aromatic nitrogens is 1. The molecule has 104 valence electrons. The number of carbonyl (C=O) groups excluding carboxylic acids is 1. The van der Waals surface area contributed by atoms with E-state index in [4.69, 9.17) is 0 Å². The molecule has 2 rings (SSSR count). The molecule has 0 aliphatic rings. The van der Waals surface area contributed by atoms with Gasteiger partial charge in [-0.2, -0.15) is 0 Å². The van der Waals surface area contributed by atoms with Crippen LogP contribution in [-0.2, 0) is 0 Å². The van der Waals surface area contributed by atoms with Crippen LogP contribution in [0.4, 0.5) is 0 Å². The molecular formula is C16H20N2OSi. The Labute approximate surface area is 121 Å². The maximum Gasteiger partial charge on any atom is 0.251 e. The first kappa shape index (κ1) is 14.5. The van der Waals surface area contributed by atoms with Crippen molar-refractivity contribution in [1.82, 2.24) is 10.3 Å². The minimum atomic E-state index is -1.57. The molecule has 0 spiro atoms. The molecule has 0 radical (unpaired) electrons. The van der Waals surface area contributed by atoms with Gasteiger partial charge in [-0.25, -0.2) is 0 Å². The van der Waals surface area contributed by atoms with Crippen LogP contribution in [0.1, 0.15) is 21.6 Å². The molecule has 1 unspecified atom stereocenters. The SMILES string of the molecule is C[Si](C)(C)C(NC(=O)c1ccncc1)c1ccccc1. The smallest absolute Gasteiger partial charge is 0.251 e. The molecule has 3 nitrogen and oxygen atoms in total. The van der Waals surface area contributed by atoms with E-state index in [0.29, 0.717) is 5.56 Å². The van der Waals surface area contributed by atoms with Gasteiger partial charge in [0.05, 0.1) is 8.07 Å². The van der Waals surface area contributed by atoms with Crippen LogP contribution in [0.3, 0.4) is 0 Å². The standard InChI is InChI=1S/C16H20N2OSi/c1-20(2,3)16(14-7-5-4-6-8-14)18-15(19)13-9-11-17-12-10-13/h4-12,16H,1-3H3,(H,18,19). The Morgan fingerprint density at radius 1 is 1.05 bits per heavy atom. The molecule has 0 aliphatic heterocycles. The van der Waals surface area contributed by atoms with E-state index >= 15 is 0 Å². The second kappa shape index (κ2) is 6.01. The zero-order chi connectivity index (χ0) is 14.6. The predicted molar refractivity (Wildman–Crippen MR) is 84.2 cm³/mol. The molecule has 1 atom stereocenters. The van der Waals surface area contributed by atoms with Crippen LogP contribution in [0.25, 0.3) is 0 Å². The third-order valence-corrected chi connectivity index (χ3v) is 5.43. The number of amides is 1. The highest BCUT2D eigenvalue weighted by Gasteiger charge is 2.29. The fraction of sp³-hybridized carbons (Fsp3) is 0.250. The third kappa shape index (κ3) is 3.54. The van der Waals surface area contributed by atoms with Crippen molar-refractivity contribution >= 4 is 14.0 Å². The van der Waals surface area contributed by atoms with Gasteiger partial charge >= 0.3 is 0 Å². The van der Waals surface area contributed by atoms with Crippen LogP contribution in [0.15, 0.2) is 54.9 Å². The van der Waals surface area contributed by atoms with Crippen LogP contribution in [0.5, 0.6) is 0 Å². The molecule has 20 heavy (non-hydrogen) atoms. The second-order valence-corrected chi connectivity index (χ2v) is 11.2. The lowest BCUT2D eigenvalue weighted by Crippen LogP contribution is -2.43. The van der Waals surface area contributed by atoms with E-state index in [9.17, 15) is 4.79 Å². The lowest BCUT2D eigenvalue weighted by Gasteiger charge is -2.30. The topological polar surface area (TPSA) is 42.0 Å². The minimum absolute atomic E-state index is 0.0383. The van der Waals surface area contributed by atoms with Crippen molar-refractivity contribution in [3.05, 3.63) is 66.0 Å². The van der Waals surface area contributed by atoms with E-state index < -0.39 is 8.07 Å². The zero-order valence-electron chi connectivity index (χ0n) is 12.1. The highest BCUT2D eigenvalue weighted by atomic mass is 28.3. The van der Waals surface area contributed by atoms with Gasteiger partial charge < -0.3 is 5.32 Å². The number of nitrogens with zero attached hydrogens (tertiary/aromatic N) is 1. The quantitative estimate of drug-likeness (QED) is 0.874. The van der Waals surface area contributed by atoms with Crippen molar-refractivity contribution < 1.29 is 4.79 Å². The summed E-state index contributed by atoms with van der Waals surface area (Å²) >= 11 is 0. The summed E-state index contributed by atoms with van der Waals surface area (Å²) in [5, 5.41) is 3.18. The molecule has 1 amide bonds. The lowest BCUT2D eigenvalue weighted by atomic mass is 10.2. The van der Waals surface area contributed by atoms with Gasteiger partial charge in [-0.15, -0.1) is 0 Å². The lowest BCUT2D eigenvalue weighted by molar-refractivity contribution is 0.0947. The maximum absolute atomic E-state index is 12.4. The van der Waals surface area contributed by atoms with E-state index in [0.717, 1.165) is 0 Å². The van der Waals surface area contributed by atoms with Crippen molar-refractivity contribution in [1.29, 1.82) is 0 Å². The van der Waals surface area contributed by atoms with Gasteiger partial charge in [-0.05, 0) is 17.7 Å². The van der Waals surface area contributed by atoms with E-state index in [-0.39, 0.29) is 11.6 Å². The molecule has 1 heterocycles. The van der Waals surface area contributed by atoms with Crippen LogP contribution < -0.4 is 5.32 Å². The van der Waals surface area contributed by atoms with Crippen LogP contribution in [0.2, 0.25) is 19.6 Å². The normalized spacial score (nSPS) is 12.8. The zero-order valence-corrected chi connectivity index (χ0v) is 13.1. The predicted octanol–water partition coefficient (Wildman–Crippen LogP) is 3.43. The summed E-state index contributed by atoms with van der Waals surface area (Å²) in [5.41, 5.74) is 1.93. The van der Waals surface area contributed by atoms with Crippen molar-refractivity contribution in [2.24, 2.45) is 0 Å². The molecule has 1 aromatic heterocycles. The molecule has 0 fully saturated rings. The van der Waals surface area contributed by atoms with Crippen LogP contribution in [0, 0.1) is 0 Å². The average Bonchev–Trinajstić information content (AvgIpc) is 2.45. The summed E-state index contributed by atoms with van der Waals surface area (Å²) in [6.07, 6.45) is 3.28. The Kier molecular flexibility index (Phi) is 4.34. The maximum atomic E-state index is 12.4. The number of benzene rings is 1. The monoisotopic (exact) mass is 284 g/mol. The van der Waals surface area contributed by atoms with Crippen molar-refractivity contribution in [3.8, 4) is 0 Å². The summed E-state index contributed by atoms with van der Waals surface area (Å²) in [6.45, 7) is 6.78. The summed E-state index contributed by atoms with van der Waals surface area (Å²) in [7, 11) is -1.57. The van der Waals surface area contributed by atoms with Crippen molar-refractivity contribution in [2.75, 3.05) is 0 Å². The fourth-order valence-corrected chi connectivity index (χ4v) is 3.92. The summed E-state index contributed by atoms with van der Waals surface area (Å²) < 4.78 is 0. The Bertz CT molecular complexity index is 564. The van der Waals surface area contributed by atoms with E-state index in [1.165, 1.54) is 5.56 Å². The highest BCUT2D eigenvalue weighted by molar-refractivity contribution is 6.77. The number of nitrogens with one attached hydrogen (secondary N) is 1. The number of pyridine rings is 1. The molecule has 0 saturated heterocycles. The Morgan fingerprint density at radius 2 is 1.65 bits per heavy atom. The fourth-order valence-electron chi connectivity index (χ4n) is 2.16. The minimum Gasteiger partial charge on any atom is -0.348 e. The molecule has 0 bridgehead atoms. The van der Waals surface area contributed by atoms with Gasteiger partial charge in [0.15, 0.2) is 0 Å². The summed E-state index contributed by atoms with van der Waals surface area (Å²) in [4.78, 5) is 16.3. The van der Waals surface area contributed by atoms with Crippen LogP contribution >= 0.6 is 0 Å². The molecule has 2 aromatic rings. The average molecular weight is 284 g/mol. The van der Waals surface area contributed by atoms with Gasteiger partial charge in [0, 0.05) is 23.6 Å². The molecule has 1 N–H and O–H groups in total. The number of hydrogen-bond acceptors (Lipinski definition) is 2. The first-order chi connectivity index (χ1) is 9.48. The molecule has 1 aromatic carbocycles. The number of carbonyl (C=O) groups is 1. The van der Waals surface area contributed by atoms with Crippen molar-refractivity contribution in [2.45, 2.75) is 25.3 Å². The van der Waals surface area contributed by atoms with E-state index in [1.54, 1.807) is 24.5 Å². The van der Waals surface area contributed by atoms with Gasteiger partial charge in [-0.1, -0.05) is 50.0 Å². The first-order valence-corrected chi connectivity index (χ1v) is 10.3. The largest absolute Gasteiger partial charge is 0.348 e. The van der Waals surface area contributed by atoms with Crippen LogP contribution in [-0.4, -0.2) is 19.0 Å². The molecule has 0 aliphatic carbocycles. The number of rotatable bonds is 4. The van der Waals surface area contributed by atoms with Gasteiger partial charge in [-0.3, -0.25) is 9.78 Å².